The number of nitrogens with one attached hydrogen (secondary N) is 2. The van der Waals surface area contributed by atoms with Crippen LogP contribution in [0.3, 0.4) is 0 Å². The number of benzene rings is 1. The van der Waals surface area contributed by atoms with E-state index in [1.807, 2.05) is 0 Å². The maximum absolute atomic E-state index is 11.4. The lowest BCUT2D eigenvalue weighted by Crippen LogP contribution is -2.24. The number of rotatable bonds is 6. The second-order valence-electron chi connectivity index (χ2n) is 4.34. The molecular weight excluding hydrogens is 252 g/mol. The highest BCUT2D eigenvalue weighted by atomic mass is 35.5. The van der Waals surface area contributed by atoms with Gasteiger partial charge in [-0.15, -0.1) is 0 Å². The van der Waals surface area contributed by atoms with Crippen molar-refractivity contribution in [3.63, 3.8) is 0 Å². The van der Waals surface area contributed by atoms with Crippen molar-refractivity contribution in [3.05, 3.63) is 28.8 Å². The smallest absolute Gasteiger partial charge is 0.337 e. The number of halogens is 1. The molecule has 2 rings (SSSR count). The van der Waals surface area contributed by atoms with Crippen LogP contribution in [0.5, 0.6) is 0 Å². The second kappa shape index (κ2) is 6.07. The molecule has 18 heavy (non-hydrogen) atoms. The third-order valence-electron chi connectivity index (χ3n) is 2.84. The maximum Gasteiger partial charge on any atom is 0.337 e. The van der Waals surface area contributed by atoms with Crippen LogP contribution < -0.4 is 10.6 Å². The Morgan fingerprint density at radius 3 is 2.89 bits per heavy atom. The van der Waals surface area contributed by atoms with Crippen LogP contribution in [-0.2, 0) is 4.74 Å². The van der Waals surface area contributed by atoms with Crippen molar-refractivity contribution in [2.75, 3.05) is 25.5 Å². The number of esters is 1. The fourth-order valence-corrected chi connectivity index (χ4v) is 1.85. The first-order valence-corrected chi connectivity index (χ1v) is 6.43. The van der Waals surface area contributed by atoms with Gasteiger partial charge in [-0.1, -0.05) is 11.6 Å². The molecule has 2 N–H and O–H groups in total. The maximum atomic E-state index is 11.4. The normalized spacial score (nSPS) is 14.3. The number of anilines is 1. The lowest BCUT2D eigenvalue weighted by atomic mass is 10.2. The number of hydrogen-bond acceptors (Lipinski definition) is 4. The lowest BCUT2D eigenvalue weighted by Gasteiger charge is -2.10. The summed E-state index contributed by atoms with van der Waals surface area (Å²) in [5, 5.41) is 7.22. The second-order valence-corrected chi connectivity index (χ2v) is 4.75. The molecule has 0 bridgehead atoms. The molecule has 1 aliphatic carbocycles. The Morgan fingerprint density at radius 1 is 1.44 bits per heavy atom. The molecule has 0 spiro atoms. The predicted octanol–water partition coefficient (Wildman–Crippen LogP) is 2.29. The van der Waals surface area contributed by atoms with Crippen LogP contribution in [0.15, 0.2) is 18.2 Å². The molecule has 0 unspecified atom stereocenters. The molecule has 1 aromatic rings. The van der Waals surface area contributed by atoms with Crippen LogP contribution in [-0.4, -0.2) is 32.2 Å². The van der Waals surface area contributed by atoms with Crippen molar-refractivity contribution < 1.29 is 9.53 Å². The molecule has 0 amide bonds. The van der Waals surface area contributed by atoms with Crippen LogP contribution in [0.1, 0.15) is 23.2 Å². The molecule has 4 nitrogen and oxygen atoms in total. The molecule has 1 aliphatic rings. The summed E-state index contributed by atoms with van der Waals surface area (Å²) in [5.41, 5.74) is 1.26. The van der Waals surface area contributed by atoms with Gasteiger partial charge in [-0.05, 0) is 31.0 Å². The first kappa shape index (κ1) is 13.2. The molecule has 0 heterocycles. The Labute approximate surface area is 112 Å². The zero-order valence-corrected chi connectivity index (χ0v) is 11.1. The van der Waals surface area contributed by atoms with E-state index in [4.69, 9.17) is 11.6 Å². The first-order valence-electron chi connectivity index (χ1n) is 6.06. The van der Waals surface area contributed by atoms with E-state index in [1.54, 1.807) is 18.2 Å². The first-order chi connectivity index (χ1) is 8.70. The van der Waals surface area contributed by atoms with E-state index in [0.29, 0.717) is 16.6 Å². The highest BCUT2D eigenvalue weighted by Gasteiger charge is 2.19. The Morgan fingerprint density at radius 2 is 2.22 bits per heavy atom. The van der Waals surface area contributed by atoms with Gasteiger partial charge in [-0.25, -0.2) is 4.79 Å². The molecule has 98 valence electrons. The van der Waals surface area contributed by atoms with E-state index in [1.165, 1.54) is 20.0 Å². The van der Waals surface area contributed by atoms with Gasteiger partial charge in [0.25, 0.3) is 0 Å². The molecule has 0 atom stereocenters. The highest BCUT2D eigenvalue weighted by Crippen LogP contribution is 2.23. The SMILES string of the molecule is COC(=O)c1ccc(Cl)c(NCCNC2CC2)c1. The zero-order valence-electron chi connectivity index (χ0n) is 10.3. The monoisotopic (exact) mass is 268 g/mol. The molecule has 1 saturated carbocycles. The minimum Gasteiger partial charge on any atom is -0.465 e. The molecule has 1 aromatic carbocycles. The van der Waals surface area contributed by atoms with Gasteiger partial charge in [-0.3, -0.25) is 0 Å². The molecular formula is C13H17ClN2O2. The van der Waals surface area contributed by atoms with Gasteiger partial charge in [-0.2, -0.15) is 0 Å². The van der Waals surface area contributed by atoms with Crippen LogP contribution in [0.25, 0.3) is 0 Å². The Hall–Kier alpha value is -1.26. The summed E-state index contributed by atoms with van der Waals surface area (Å²) in [7, 11) is 1.36. The van der Waals surface area contributed by atoms with E-state index in [2.05, 4.69) is 15.4 Å². The summed E-state index contributed by atoms with van der Waals surface area (Å²) in [4.78, 5) is 11.4. The van der Waals surface area contributed by atoms with Crippen LogP contribution in [0.4, 0.5) is 5.69 Å². The Kier molecular flexibility index (Phi) is 4.44. The van der Waals surface area contributed by atoms with Gasteiger partial charge in [0, 0.05) is 19.1 Å². The minimum absolute atomic E-state index is 0.356. The van der Waals surface area contributed by atoms with Crippen molar-refractivity contribution in [2.45, 2.75) is 18.9 Å². The largest absolute Gasteiger partial charge is 0.465 e. The van der Waals surface area contributed by atoms with Gasteiger partial charge in [0.05, 0.1) is 23.4 Å². The predicted molar refractivity (Wildman–Crippen MR) is 72.3 cm³/mol. The fourth-order valence-electron chi connectivity index (χ4n) is 1.67. The molecule has 1 fully saturated rings. The van der Waals surface area contributed by atoms with Crippen LogP contribution in [0.2, 0.25) is 5.02 Å². The van der Waals surface area contributed by atoms with Crippen molar-refractivity contribution in [2.24, 2.45) is 0 Å². The fraction of sp³-hybridized carbons (Fsp3) is 0.462. The van der Waals surface area contributed by atoms with Gasteiger partial charge in [0.1, 0.15) is 0 Å². The van der Waals surface area contributed by atoms with Gasteiger partial charge >= 0.3 is 5.97 Å². The molecule has 0 radical (unpaired) electrons. The lowest BCUT2D eigenvalue weighted by molar-refractivity contribution is 0.0601. The summed E-state index contributed by atoms with van der Waals surface area (Å²) in [6.07, 6.45) is 2.55. The number of carbonyl (C=O) groups is 1. The van der Waals surface area contributed by atoms with Gasteiger partial charge < -0.3 is 15.4 Å². The Bertz CT molecular complexity index is 433. The van der Waals surface area contributed by atoms with Crippen LogP contribution >= 0.6 is 11.6 Å². The highest BCUT2D eigenvalue weighted by molar-refractivity contribution is 6.33. The Balaban J connectivity index is 1.90. The standard InChI is InChI=1S/C13H17ClN2O2/c1-18-13(17)9-2-5-11(14)12(8-9)16-7-6-15-10-3-4-10/h2,5,8,10,15-16H,3-4,6-7H2,1H3. The zero-order chi connectivity index (χ0) is 13.0. The third kappa shape index (κ3) is 3.62. The van der Waals surface area contributed by atoms with Crippen molar-refractivity contribution in [1.29, 1.82) is 0 Å². The number of methoxy groups -OCH3 is 1. The summed E-state index contributed by atoms with van der Waals surface area (Å²) in [5.74, 6) is -0.356. The topological polar surface area (TPSA) is 50.4 Å². The van der Waals surface area contributed by atoms with Crippen LogP contribution in [0, 0.1) is 0 Å². The summed E-state index contributed by atoms with van der Waals surface area (Å²) in [6, 6.07) is 5.76. The van der Waals surface area contributed by atoms with E-state index in [9.17, 15) is 4.79 Å². The summed E-state index contributed by atoms with van der Waals surface area (Å²) in [6.45, 7) is 1.67. The quantitative estimate of drug-likeness (QED) is 0.614. The van der Waals surface area contributed by atoms with E-state index >= 15 is 0 Å². The number of hydrogen-bond donors (Lipinski definition) is 2. The minimum atomic E-state index is -0.356. The summed E-state index contributed by atoms with van der Waals surface area (Å²) >= 11 is 6.06. The number of ether oxygens (including phenoxy) is 1. The van der Waals surface area contributed by atoms with Crippen molar-refractivity contribution in [3.8, 4) is 0 Å². The van der Waals surface area contributed by atoms with Gasteiger partial charge in [0.2, 0.25) is 0 Å². The van der Waals surface area contributed by atoms with Crippen molar-refractivity contribution in [1.82, 2.24) is 5.32 Å². The molecule has 0 aliphatic heterocycles. The van der Waals surface area contributed by atoms with Gasteiger partial charge in [0.15, 0.2) is 0 Å². The number of carbonyl (C=O) groups excluding carboxylic acids is 1. The van der Waals surface area contributed by atoms with E-state index in [0.717, 1.165) is 18.8 Å². The molecule has 0 aromatic heterocycles. The third-order valence-corrected chi connectivity index (χ3v) is 3.17. The van der Waals surface area contributed by atoms with Crippen molar-refractivity contribution >= 4 is 23.3 Å². The molecule has 5 heteroatoms. The average molecular weight is 269 g/mol. The molecule has 0 saturated heterocycles. The summed E-state index contributed by atoms with van der Waals surface area (Å²) < 4.78 is 4.67. The van der Waals surface area contributed by atoms with E-state index in [-0.39, 0.29) is 5.97 Å². The van der Waals surface area contributed by atoms with E-state index < -0.39 is 0 Å². The average Bonchev–Trinajstić information content (AvgIpc) is 3.19.